The molecule has 0 unspecified atom stereocenters. The summed E-state index contributed by atoms with van der Waals surface area (Å²) in [6.07, 6.45) is 22.2. The van der Waals surface area contributed by atoms with Gasteiger partial charge in [0.05, 0.1) is 0 Å². The Morgan fingerprint density at radius 1 is 0.700 bits per heavy atom. The molecular weight excluding hydrogens is 244 g/mol. The minimum Gasteiger partial charge on any atom is -0.298 e. The van der Waals surface area contributed by atoms with Crippen molar-refractivity contribution in [2.75, 3.05) is 0 Å². The second kappa shape index (κ2) is 16.5. The molecule has 1 nitrogen and oxygen atoms in total. The van der Waals surface area contributed by atoms with E-state index in [1.165, 1.54) is 83.5 Å². The summed E-state index contributed by atoms with van der Waals surface area (Å²) < 4.78 is 0. The molecule has 0 aliphatic rings. The van der Waals surface area contributed by atoms with Gasteiger partial charge in [0.2, 0.25) is 0 Å². The lowest BCUT2D eigenvalue weighted by Gasteiger charge is -2.02. The zero-order valence-electron chi connectivity index (χ0n) is 14.0. The van der Waals surface area contributed by atoms with E-state index in [1.807, 2.05) is 6.92 Å². The first-order valence-corrected chi connectivity index (χ1v) is 8.93. The molecule has 0 spiro atoms. The Morgan fingerprint density at radius 2 is 1.10 bits per heavy atom. The van der Waals surface area contributed by atoms with Crippen molar-refractivity contribution in [2.45, 2.75) is 104 Å². The summed E-state index contributed by atoms with van der Waals surface area (Å²) in [5.74, 6) is 0. The van der Waals surface area contributed by atoms with Crippen LogP contribution >= 0.6 is 0 Å². The van der Waals surface area contributed by atoms with E-state index in [0.717, 1.165) is 18.3 Å². The van der Waals surface area contributed by atoms with E-state index in [0.29, 0.717) is 0 Å². The van der Waals surface area contributed by atoms with Gasteiger partial charge in [0.1, 0.15) is 6.29 Å². The van der Waals surface area contributed by atoms with E-state index in [4.69, 9.17) is 0 Å². The fourth-order valence-electron chi connectivity index (χ4n) is 2.54. The van der Waals surface area contributed by atoms with Crippen molar-refractivity contribution in [1.82, 2.24) is 0 Å². The van der Waals surface area contributed by atoms with Crippen LogP contribution in [0.2, 0.25) is 0 Å². The molecule has 0 N–H and O–H groups in total. The van der Waals surface area contributed by atoms with Crippen LogP contribution in [0.15, 0.2) is 11.6 Å². The smallest absolute Gasteiger partial charge is 0.145 e. The summed E-state index contributed by atoms with van der Waals surface area (Å²) in [5.41, 5.74) is 0.879. The molecule has 0 bridgehead atoms. The highest BCUT2D eigenvalue weighted by Gasteiger charge is 1.93. The molecular formula is C19H36O. The van der Waals surface area contributed by atoms with Crippen molar-refractivity contribution in [3.05, 3.63) is 11.6 Å². The van der Waals surface area contributed by atoms with Gasteiger partial charge in [0, 0.05) is 0 Å². The summed E-state index contributed by atoms with van der Waals surface area (Å²) in [7, 11) is 0. The maximum Gasteiger partial charge on any atom is 0.145 e. The molecule has 0 saturated carbocycles. The van der Waals surface area contributed by atoms with Gasteiger partial charge in [0.15, 0.2) is 0 Å². The van der Waals surface area contributed by atoms with Crippen LogP contribution in [0.25, 0.3) is 0 Å². The monoisotopic (exact) mass is 280 g/mol. The number of carbonyl (C=O) groups is 1. The van der Waals surface area contributed by atoms with Gasteiger partial charge in [-0.2, -0.15) is 0 Å². The number of unbranched alkanes of at least 4 members (excludes halogenated alkanes) is 13. The van der Waals surface area contributed by atoms with Gasteiger partial charge in [0.25, 0.3) is 0 Å². The highest BCUT2D eigenvalue weighted by Crippen LogP contribution is 2.13. The first-order chi connectivity index (χ1) is 9.81. The van der Waals surface area contributed by atoms with Gasteiger partial charge in [-0.3, -0.25) is 4.79 Å². The maximum atomic E-state index is 10.4. The second-order valence-electron chi connectivity index (χ2n) is 6.10. The maximum absolute atomic E-state index is 10.4. The van der Waals surface area contributed by atoms with Crippen LogP contribution in [0.1, 0.15) is 104 Å². The van der Waals surface area contributed by atoms with E-state index in [9.17, 15) is 4.79 Å². The third kappa shape index (κ3) is 15.5. The van der Waals surface area contributed by atoms with Crippen molar-refractivity contribution >= 4 is 6.29 Å². The highest BCUT2D eigenvalue weighted by molar-refractivity contribution is 5.71. The van der Waals surface area contributed by atoms with E-state index in [-0.39, 0.29) is 0 Å². The SMILES string of the molecule is CCCCCCCCCCCCCCC/C=C(\C)C=O. The van der Waals surface area contributed by atoms with Crippen LogP contribution in [0, 0.1) is 0 Å². The Bertz CT molecular complexity index is 230. The van der Waals surface area contributed by atoms with Gasteiger partial charge in [-0.25, -0.2) is 0 Å². The summed E-state index contributed by atoms with van der Waals surface area (Å²) in [6.45, 7) is 4.16. The average Bonchev–Trinajstić information content (AvgIpc) is 2.47. The Morgan fingerprint density at radius 3 is 1.50 bits per heavy atom. The molecule has 118 valence electrons. The molecule has 0 radical (unpaired) electrons. The predicted molar refractivity (Wildman–Crippen MR) is 90.1 cm³/mol. The summed E-state index contributed by atoms with van der Waals surface area (Å²) >= 11 is 0. The molecule has 0 aliphatic heterocycles. The van der Waals surface area contributed by atoms with E-state index in [1.54, 1.807) is 0 Å². The van der Waals surface area contributed by atoms with Crippen LogP contribution in [-0.2, 0) is 4.79 Å². The topological polar surface area (TPSA) is 17.1 Å². The molecule has 0 atom stereocenters. The Kier molecular flexibility index (Phi) is 16.0. The Hall–Kier alpha value is -0.590. The Labute approximate surface area is 127 Å². The molecule has 0 amide bonds. The summed E-state index contributed by atoms with van der Waals surface area (Å²) in [4.78, 5) is 10.4. The number of hydrogen-bond donors (Lipinski definition) is 0. The molecule has 0 aromatic carbocycles. The lowest BCUT2D eigenvalue weighted by atomic mass is 10.0. The first kappa shape index (κ1) is 19.4. The highest BCUT2D eigenvalue weighted by atomic mass is 16.1. The van der Waals surface area contributed by atoms with Gasteiger partial charge < -0.3 is 0 Å². The third-order valence-electron chi connectivity index (χ3n) is 3.96. The van der Waals surface area contributed by atoms with Gasteiger partial charge in [-0.05, 0) is 25.3 Å². The van der Waals surface area contributed by atoms with Crippen LogP contribution < -0.4 is 0 Å². The molecule has 0 rings (SSSR count). The largest absolute Gasteiger partial charge is 0.298 e. The molecule has 20 heavy (non-hydrogen) atoms. The fraction of sp³-hybridized carbons (Fsp3) is 0.842. The number of aldehydes is 1. The van der Waals surface area contributed by atoms with Crippen LogP contribution in [0.4, 0.5) is 0 Å². The number of allylic oxidation sites excluding steroid dienone is 2. The van der Waals surface area contributed by atoms with Gasteiger partial charge in [-0.15, -0.1) is 0 Å². The zero-order chi connectivity index (χ0) is 14.9. The molecule has 1 heteroatoms. The van der Waals surface area contributed by atoms with Crippen LogP contribution in [0.5, 0.6) is 0 Å². The zero-order valence-corrected chi connectivity index (χ0v) is 14.0. The first-order valence-electron chi connectivity index (χ1n) is 8.93. The summed E-state index contributed by atoms with van der Waals surface area (Å²) in [6, 6.07) is 0. The minimum atomic E-state index is 0.879. The molecule has 0 aromatic rings. The van der Waals surface area contributed by atoms with Crippen LogP contribution in [-0.4, -0.2) is 6.29 Å². The van der Waals surface area contributed by atoms with Crippen molar-refractivity contribution in [2.24, 2.45) is 0 Å². The second-order valence-corrected chi connectivity index (χ2v) is 6.10. The normalized spacial score (nSPS) is 11.8. The Balaban J connectivity index is 3.04. The van der Waals surface area contributed by atoms with Crippen molar-refractivity contribution in [3.63, 3.8) is 0 Å². The lowest BCUT2D eigenvalue weighted by molar-refractivity contribution is -0.104. The van der Waals surface area contributed by atoms with Crippen molar-refractivity contribution in [1.29, 1.82) is 0 Å². The fourth-order valence-corrected chi connectivity index (χ4v) is 2.54. The van der Waals surface area contributed by atoms with Gasteiger partial charge >= 0.3 is 0 Å². The number of carbonyl (C=O) groups excluding carboxylic acids is 1. The van der Waals surface area contributed by atoms with Gasteiger partial charge in [-0.1, -0.05) is 90.0 Å². The quantitative estimate of drug-likeness (QED) is 0.187. The predicted octanol–water partition coefficient (Wildman–Crippen LogP) is 6.61. The minimum absolute atomic E-state index is 0.879. The molecule has 0 saturated heterocycles. The summed E-state index contributed by atoms with van der Waals surface area (Å²) in [5, 5.41) is 0. The molecule has 0 heterocycles. The molecule has 0 aromatic heterocycles. The van der Waals surface area contributed by atoms with Crippen molar-refractivity contribution < 1.29 is 4.79 Å². The number of hydrogen-bond acceptors (Lipinski definition) is 1. The molecule has 0 aliphatic carbocycles. The average molecular weight is 280 g/mol. The number of rotatable bonds is 15. The van der Waals surface area contributed by atoms with Crippen molar-refractivity contribution in [3.8, 4) is 0 Å². The lowest BCUT2D eigenvalue weighted by Crippen LogP contribution is -1.83. The van der Waals surface area contributed by atoms with E-state index < -0.39 is 0 Å². The van der Waals surface area contributed by atoms with E-state index in [2.05, 4.69) is 13.0 Å². The molecule has 0 fully saturated rings. The third-order valence-corrected chi connectivity index (χ3v) is 3.96. The standard InChI is InChI=1S/C19H36O/c1-3-4-5-6-7-8-9-10-11-12-13-14-15-16-17-19(2)18-20/h17-18H,3-16H2,1-2H3/b19-17+. The van der Waals surface area contributed by atoms with Crippen LogP contribution in [0.3, 0.4) is 0 Å². The van der Waals surface area contributed by atoms with E-state index >= 15 is 0 Å².